The molecule has 0 saturated heterocycles. The Hall–Kier alpha value is -1.64. The van der Waals surface area contributed by atoms with Gasteiger partial charge < -0.3 is 25.9 Å². The van der Waals surface area contributed by atoms with Crippen LogP contribution >= 0.6 is 7.82 Å². The molecule has 1 atom stereocenters. The molecule has 0 unspecified atom stereocenters. The molecule has 20 heavy (non-hydrogen) atoms. The van der Waals surface area contributed by atoms with Crippen molar-refractivity contribution in [1.29, 1.82) is 0 Å². The Kier molecular flexibility index (Phi) is 5.70. The van der Waals surface area contributed by atoms with Gasteiger partial charge in [0.1, 0.15) is 5.54 Å². The summed E-state index contributed by atoms with van der Waals surface area (Å²) in [4.78, 5) is 28.1. The van der Waals surface area contributed by atoms with Crippen LogP contribution in [0.5, 0.6) is 11.5 Å². The number of carbonyl (C=O) groups is 1. The fourth-order valence-corrected chi connectivity index (χ4v) is 1.79. The highest BCUT2D eigenvalue weighted by Gasteiger charge is 2.28. The molecule has 0 aliphatic carbocycles. The van der Waals surface area contributed by atoms with Crippen LogP contribution in [0.25, 0.3) is 0 Å². The largest absolute Gasteiger partial charge is 0.524 e. The van der Waals surface area contributed by atoms with Gasteiger partial charge in [-0.2, -0.15) is 0 Å². The van der Waals surface area contributed by atoms with Crippen molar-refractivity contribution >= 4 is 13.8 Å². The second kappa shape index (κ2) is 6.21. The first-order chi connectivity index (χ1) is 8.51. The van der Waals surface area contributed by atoms with Gasteiger partial charge in [-0.15, -0.1) is 0 Å². The van der Waals surface area contributed by atoms with Gasteiger partial charge in [0, 0.05) is 6.42 Å². The number of hydrogen-bond donors (Lipinski definition) is 5. The van der Waals surface area contributed by atoms with Crippen molar-refractivity contribution in [2.24, 2.45) is 5.73 Å². The molecule has 0 aromatic heterocycles. The zero-order valence-electron chi connectivity index (χ0n) is 10.5. The van der Waals surface area contributed by atoms with Gasteiger partial charge in [0.05, 0.1) is 0 Å². The van der Waals surface area contributed by atoms with Crippen molar-refractivity contribution in [1.82, 2.24) is 0 Å². The molecule has 10 heteroatoms. The number of hydrogen-bond acceptors (Lipinski definition) is 5. The first kappa shape index (κ1) is 18.4. The Bertz CT molecular complexity index is 538. The van der Waals surface area contributed by atoms with Crippen LogP contribution in [0.15, 0.2) is 18.2 Å². The normalized spacial score (nSPS) is 14.0. The fraction of sp³-hybridized carbons (Fsp3) is 0.300. The Balaban J connectivity index is 0.00000361. The SMILES string of the molecule is C[C@](N)(Cc1ccc(OP(=O)(O)O)c(O)c1)C(=O)O.O. The maximum Gasteiger partial charge on any atom is 0.524 e. The number of aliphatic carboxylic acids is 1. The summed E-state index contributed by atoms with van der Waals surface area (Å²) in [5.74, 6) is -2.12. The molecule has 0 aliphatic heterocycles. The van der Waals surface area contributed by atoms with Crippen molar-refractivity contribution in [3.05, 3.63) is 23.8 Å². The summed E-state index contributed by atoms with van der Waals surface area (Å²) in [5, 5.41) is 18.4. The van der Waals surface area contributed by atoms with Gasteiger partial charge in [-0.05, 0) is 24.6 Å². The average Bonchev–Trinajstić information content (AvgIpc) is 2.19. The number of nitrogens with two attached hydrogens (primary N) is 1. The quantitative estimate of drug-likeness (QED) is 0.446. The van der Waals surface area contributed by atoms with E-state index in [-0.39, 0.29) is 11.9 Å². The number of aromatic hydroxyl groups is 1. The second-order valence-electron chi connectivity index (χ2n) is 4.28. The third-order valence-electron chi connectivity index (χ3n) is 2.30. The van der Waals surface area contributed by atoms with Crippen molar-refractivity contribution < 1.29 is 39.4 Å². The lowest BCUT2D eigenvalue weighted by Gasteiger charge is -2.19. The van der Waals surface area contributed by atoms with E-state index in [1.54, 1.807) is 0 Å². The molecule has 0 bridgehead atoms. The second-order valence-corrected chi connectivity index (χ2v) is 5.45. The monoisotopic (exact) mass is 309 g/mol. The van der Waals surface area contributed by atoms with E-state index in [0.717, 1.165) is 12.1 Å². The van der Waals surface area contributed by atoms with Crippen LogP contribution in [0.1, 0.15) is 12.5 Å². The first-order valence-corrected chi connectivity index (χ1v) is 6.63. The minimum atomic E-state index is -4.77. The minimum Gasteiger partial charge on any atom is -0.504 e. The number of carboxylic acids is 1. The van der Waals surface area contributed by atoms with Crippen molar-refractivity contribution in [3.8, 4) is 11.5 Å². The van der Waals surface area contributed by atoms with Crippen LogP contribution in [-0.4, -0.2) is 37.0 Å². The standard InChI is InChI=1S/C10H14NO7P.H2O/c1-10(11,9(13)14)5-6-2-3-8(7(12)4-6)18-19(15,16)17;/h2-4,12H,5,11H2,1H3,(H,13,14)(H2,15,16,17);1H2/t10-;/m0./s1. The molecule has 0 amide bonds. The van der Waals surface area contributed by atoms with Crippen LogP contribution in [0.2, 0.25) is 0 Å². The van der Waals surface area contributed by atoms with Crippen LogP contribution in [-0.2, 0) is 15.8 Å². The molecule has 0 fully saturated rings. The number of carboxylic acid groups (broad SMARTS) is 1. The number of phenolic OH excluding ortho intramolecular Hbond substituents is 1. The highest BCUT2D eigenvalue weighted by Crippen LogP contribution is 2.41. The van der Waals surface area contributed by atoms with Crippen molar-refractivity contribution in [2.75, 3.05) is 0 Å². The topological polar surface area (TPSA) is 182 Å². The molecule has 0 spiro atoms. The maximum absolute atomic E-state index is 10.8. The van der Waals surface area contributed by atoms with Crippen LogP contribution < -0.4 is 10.3 Å². The average molecular weight is 309 g/mol. The predicted octanol–water partition coefficient (Wildman–Crippen LogP) is -0.617. The third-order valence-corrected chi connectivity index (χ3v) is 2.74. The maximum atomic E-state index is 10.8. The lowest BCUT2D eigenvalue weighted by Crippen LogP contribution is -2.46. The van der Waals surface area contributed by atoms with E-state index in [4.69, 9.17) is 20.6 Å². The Labute approximate surface area is 114 Å². The third kappa shape index (κ3) is 5.16. The summed E-state index contributed by atoms with van der Waals surface area (Å²) in [6.45, 7) is 1.31. The van der Waals surface area contributed by atoms with Gasteiger partial charge in [-0.1, -0.05) is 6.07 Å². The predicted molar refractivity (Wildman–Crippen MR) is 68.3 cm³/mol. The zero-order valence-corrected chi connectivity index (χ0v) is 11.4. The zero-order chi connectivity index (χ0) is 14.8. The summed E-state index contributed by atoms with van der Waals surface area (Å²) < 4.78 is 14.9. The first-order valence-electron chi connectivity index (χ1n) is 5.10. The van der Waals surface area contributed by atoms with Crippen LogP contribution in [0.3, 0.4) is 0 Å². The molecule has 0 aliphatic rings. The number of phosphoric ester groups is 1. The molecule has 0 heterocycles. The Morgan fingerprint density at radius 2 is 2.00 bits per heavy atom. The highest BCUT2D eigenvalue weighted by molar-refractivity contribution is 7.46. The molecular formula is C10H16NO8P. The molecule has 9 nitrogen and oxygen atoms in total. The number of rotatable bonds is 5. The van der Waals surface area contributed by atoms with E-state index in [1.807, 2.05) is 0 Å². The van der Waals surface area contributed by atoms with Gasteiger partial charge >= 0.3 is 13.8 Å². The van der Waals surface area contributed by atoms with Gasteiger partial charge in [0.15, 0.2) is 11.5 Å². The molecular weight excluding hydrogens is 293 g/mol. The molecule has 1 aromatic rings. The van der Waals surface area contributed by atoms with Crippen molar-refractivity contribution in [3.63, 3.8) is 0 Å². The molecule has 0 radical (unpaired) electrons. The molecule has 8 N–H and O–H groups in total. The Morgan fingerprint density at radius 1 is 1.45 bits per heavy atom. The molecule has 1 aromatic carbocycles. The number of benzene rings is 1. The smallest absolute Gasteiger partial charge is 0.504 e. The van der Waals surface area contributed by atoms with Gasteiger partial charge in [0.2, 0.25) is 0 Å². The highest BCUT2D eigenvalue weighted by atomic mass is 31.2. The van der Waals surface area contributed by atoms with E-state index in [1.165, 1.54) is 13.0 Å². The minimum absolute atomic E-state index is 0. The Morgan fingerprint density at radius 3 is 2.40 bits per heavy atom. The molecule has 0 saturated carbocycles. The van der Waals surface area contributed by atoms with Crippen LogP contribution in [0.4, 0.5) is 0 Å². The summed E-state index contributed by atoms with van der Waals surface area (Å²) >= 11 is 0. The fourth-order valence-electron chi connectivity index (χ4n) is 1.38. The summed E-state index contributed by atoms with van der Waals surface area (Å²) in [6, 6.07) is 3.62. The molecule has 114 valence electrons. The van der Waals surface area contributed by atoms with Gasteiger partial charge in [0.25, 0.3) is 0 Å². The summed E-state index contributed by atoms with van der Waals surface area (Å²) in [6.07, 6.45) is -0.0634. The van der Waals surface area contributed by atoms with E-state index in [9.17, 15) is 14.5 Å². The van der Waals surface area contributed by atoms with Gasteiger partial charge in [-0.25, -0.2) is 4.57 Å². The lowest BCUT2D eigenvalue weighted by atomic mass is 9.94. The van der Waals surface area contributed by atoms with Gasteiger partial charge in [-0.3, -0.25) is 14.6 Å². The lowest BCUT2D eigenvalue weighted by molar-refractivity contribution is -0.142. The van der Waals surface area contributed by atoms with E-state index >= 15 is 0 Å². The number of phosphoric acid groups is 1. The van der Waals surface area contributed by atoms with E-state index in [0.29, 0.717) is 5.56 Å². The van der Waals surface area contributed by atoms with Crippen molar-refractivity contribution in [2.45, 2.75) is 18.9 Å². The number of phenols is 1. The van der Waals surface area contributed by atoms with Crippen LogP contribution in [0, 0.1) is 0 Å². The summed E-state index contributed by atoms with van der Waals surface area (Å²) in [5.41, 5.74) is 4.42. The molecule has 1 rings (SSSR count). The summed E-state index contributed by atoms with van der Waals surface area (Å²) in [7, 11) is -4.77. The van der Waals surface area contributed by atoms with E-state index < -0.39 is 30.8 Å². The van der Waals surface area contributed by atoms with E-state index in [2.05, 4.69) is 4.52 Å².